The molecule has 5 nitrogen and oxygen atoms in total. The number of rotatable bonds is 5. The predicted octanol–water partition coefficient (Wildman–Crippen LogP) is 7.28. The Morgan fingerprint density at radius 2 is 1.83 bits per heavy atom. The van der Waals surface area contributed by atoms with E-state index in [2.05, 4.69) is 26.2 Å². The van der Waals surface area contributed by atoms with Crippen LogP contribution in [0.3, 0.4) is 0 Å². The smallest absolute Gasteiger partial charge is 0.325 e. The van der Waals surface area contributed by atoms with Gasteiger partial charge in [-0.2, -0.15) is 13.2 Å². The Hall–Kier alpha value is -2.82. The normalized spacial score (nSPS) is 17.4. The molecular weight excluding hydrogens is 579 g/mol. The summed E-state index contributed by atoms with van der Waals surface area (Å²) in [6.45, 7) is 0.126. The number of aliphatic imine (C=N–C) groups is 1. The van der Waals surface area contributed by atoms with E-state index in [0.717, 1.165) is 33.9 Å². The Kier molecular flexibility index (Phi) is 8.07. The SMILES string of the molecule is O=C(Nc1cccc(Br)c1)C1CC(=O)N(Cc2ccc(Cl)cc2)C(=Nc2cccc(C(F)(F)F)c2)S1. The van der Waals surface area contributed by atoms with Gasteiger partial charge in [0.2, 0.25) is 11.8 Å². The number of anilines is 1. The lowest BCUT2D eigenvalue weighted by Crippen LogP contribution is -2.44. The topological polar surface area (TPSA) is 61.8 Å². The van der Waals surface area contributed by atoms with E-state index in [4.69, 9.17) is 11.6 Å². The summed E-state index contributed by atoms with van der Waals surface area (Å²) in [4.78, 5) is 31.9. The lowest BCUT2D eigenvalue weighted by molar-refractivity contribution is -0.137. The molecule has 4 rings (SSSR count). The molecule has 11 heteroatoms. The first kappa shape index (κ1) is 26.2. The van der Waals surface area contributed by atoms with Crippen LogP contribution in [0.4, 0.5) is 24.5 Å². The van der Waals surface area contributed by atoms with Gasteiger partial charge >= 0.3 is 6.18 Å². The van der Waals surface area contributed by atoms with Gasteiger partial charge in [-0.1, -0.05) is 63.6 Å². The number of thioether (sulfide) groups is 1. The molecule has 1 unspecified atom stereocenters. The van der Waals surface area contributed by atoms with Crippen LogP contribution in [0.25, 0.3) is 0 Å². The first-order valence-electron chi connectivity index (χ1n) is 10.6. The number of carbonyl (C=O) groups is 2. The number of halogens is 5. The van der Waals surface area contributed by atoms with Crippen molar-refractivity contribution in [2.75, 3.05) is 5.32 Å². The van der Waals surface area contributed by atoms with Gasteiger partial charge in [0.25, 0.3) is 0 Å². The number of nitrogens with zero attached hydrogens (tertiary/aromatic N) is 2. The van der Waals surface area contributed by atoms with Crippen LogP contribution >= 0.6 is 39.3 Å². The molecule has 3 aromatic rings. The maximum atomic E-state index is 13.2. The van der Waals surface area contributed by atoms with Crippen molar-refractivity contribution in [1.82, 2.24) is 4.90 Å². The summed E-state index contributed by atoms with van der Waals surface area (Å²) in [7, 11) is 0. The molecule has 1 saturated heterocycles. The van der Waals surface area contributed by atoms with Crippen LogP contribution in [0.2, 0.25) is 5.02 Å². The second kappa shape index (κ2) is 11.1. The lowest BCUT2D eigenvalue weighted by atomic mass is 10.2. The summed E-state index contributed by atoms with van der Waals surface area (Å²) in [6, 6.07) is 18.4. The summed E-state index contributed by atoms with van der Waals surface area (Å²) >= 11 is 10.3. The zero-order chi connectivity index (χ0) is 25.9. The summed E-state index contributed by atoms with van der Waals surface area (Å²) in [6.07, 6.45) is -4.64. The fourth-order valence-corrected chi connectivity index (χ4v) is 5.04. The van der Waals surface area contributed by atoms with Crippen molar-refractivity contribution in [3.8, 4) is 0 Å². The number of alkyl halides is 3. The number of carbonyl (C=O) groups excluding carboxylic acids is 2. The second-order valence-electron chi connectivity index (χ2n) is 7.86. The summed E-state index contributed by atoms with van der Waals surface area (Å²) in [5.41, 5.74) is 0.462. The molecule has 0 spiro atoms. The number of benzene rings is 3. The molecule has 2 amide bonds. The van der Waals surface area contributed by atoms with Gasteiger partial charge in [0.1, 0.15) is 5.25 Å². The second-order valence-corrected chi connectivity index (χ2v) is 10.4. The Morgan fingerprint density at radius 3 is 2.53 bits per heavy atom. The summed E-state index contributed by atoms with van der Waals surface area (Å²) in [5.74, 6) is -0.779. The molecule has 0 saturated carbocycles. The largest absolute Gasteiger partial charge is 0.416 e. The van der Waals surface area contributed by atoms with E-state index in [1.807, 2.05) is 6.07 Å². The highest BCUT2D eigenvalue weighted by Crippen LogP contribution is 2.34. The predicted molar refractivity (Wildman–Crippen MR) is 139 cm³/mol. The third kappa shape index (κ3) is 6.68. The summed E-state index contributed by atoms with van der Waals surface area (Å²) in [5, 5.41) is 2.62. The van der Waals surface area contributed by atoms with E-state index in [9.17, 15) is 22.8 Å². The minimum absolute atomic E-state index is 0.0225. The van der Waals surface area contributed by atoms with Crippen molar-refractivity contribution in [2.45, 2.75) is 24.4 Å². The number of amides is 2. The van der Waals surface area contributed by atoms with Gasteiger partial charge in [-0.15, -0.1) is 0 Å². The Labute approximate surface area is 222 Å². The maximum absolute atomic E-state index is 13.2. The third-order valence-electron chi connectivity index (χ3n) is 5.18. The molecule has 1 N–H and O–H groups in total. The van der Waals surface area contributed by atoms with Crippen molar-refractivity contribution in [2.24, 2.45) is 4.99 Å². The molecule has 0 radical (unpaired) electrons. The first-order chi connectivity index (χ1) is 17.1. The molecule has 36 heavy (non-hydrogen) atoms. The van der Waals surface area contributed by atoms with Crippen LogP contribution < -0.4 is 5.32 Å². The van der Waals surface area contributed by atoms with Crippen LogP contribution in [0.15, 0.2) is 82.3 Å². The summed E-state index contributed by atoms with van der Waals surface area (Å²) < 4.78 is 40.4. The zero-order valence-electron chi connectivity index (χ0n) is 18.4. The van der Waals surface area contributed by atoms with Crippen LogP contribution in [-0.4, -0.2) is 27.1 Å². The van der Waals surface area contributed by atoms with Gasteiger partial charge in [-0.3, -0.25) is 14.5 Å². The van der Waals surface area contributed by atoms with Crippen LogP contribution in [0.1, 0.15) is 17.5 Å². The molecule has 1 fully saturated rings. The number of hydrogen-bond acceptors (Lipinski definition) is 4. The molecular formula is C25H18BrClF3N3O2S. The highest BCUT2D eigenvalue weighted by atomic mass is 79.9. The number of nitrogens with one attached hydrogen (secondary N) is 1. The Bertz CT molecular complexity index is 1320. The van der Waals surface area contributed by atoms with Gasteiger partial charge in [0, 0.05) is 21.6 Å². The molecule has 0 aliphatic carbocycles. The van der Waals surface area contributed by atoms with Crippen LogP contribution in [0.5, 0.6) is 0 Å². The van der Waals surface area contributed by atoms with E-state index in [1.54, 1.807) is 42.5 Å². The average Bonchev–Trinajstić information content (AvgIpc) is 2.82. The van der Waals surface area contributed by atoms with E-state index in [0.29, 0.717) is 10.7 Å². The molecule has 1 atom stereocenters. The highest BCUT2D eigenvalue weighted by molar-refractivity contribution is 9.10. The molecule has 0 aromatic heterocycles. The Morgan fingerprint density at radius 1 is 1.11 bits per heavy atom. The maximum Gasteiger partial charge on any atom is 0.416 e. The highest BCUT2D eigenvalue weighted by Gasteiger charge is 2.36. The molecule has 1 aliphatic heterocycles. The van der Waals surface area contributed by atoms with Crippen molar-refractivity contribution in [1.29, 1.82) is 0 Å². The zero-order valence-corrected chi connectivity index (χ0v) is 21.6. The average molecular weight is 597 g/mol. The van der Waals surface area contributed by atoms with Crippen molar-refractivity contribution in [3.05, 3.63) is 93.4 Å². The lowest BCUT2D eigenvalue weighted by Gasteiger charge is -2.32. The molecule has 3 aromatic carbocycles. The van der Waals surface area contributed by atoms with Gasteiger partial charge in [-0.05, 0) is 54.1 Å². The first-order valence-corrected chi connectivity index (χ1v) is 12.7. The van der Waals surface area contributed by atoms with E-state index in [1.165, 1.54) is 17.0 Å². The van der Waals surface area contributed by atoms with Crippen molar-refractivity contribution in [3.63, 3.8) is 0 Å². The van der Waals surface area contributed by atoms with E-state index in [-0.39, 0.29) is 29.7 Å². The van der Waals surface area contributed by atoms with Gasteiger partial charge < -0.3 is 5.32 Å². The molecule has 186 valence electrons. The standard InChI is InChI=1S/C25H18BrClF3N3O2S/c26-17-4-2-6-20(12-17)31-23(35)21-13-22(34)33(14-15-7-9-18(27)10-8-15)24(36-21)32-19-5-1-3-16(11-19)25(28,29)30/h1-12,21H,13-14H2,(H,31,35). The molecule has 1 heterocycles. The van der Waals surface area contributed by atoms with E-state index < -0.39 is 22.9 Å². The number of hydrogen-bond donors (Lipinski definition) is 1. The fourth-order valence-electron chi connectivity index (χ4n) is 3.42. The quantitative estimate of drug-likeness (QED) is 0.337. The van der Waals surface area contributed by atoms with Gasteiger partial charge in [-0.25, -0.2) is 4.99 Å². The minimum atomic E-state index is -4.54. The minimum Gasteiger partial charge on any atom is -0.325 e. The van der Waals surface area contributed by atoms with Crippen molar-refractivity contribution < 1.29 is 22.8 Å². The van der Waals surface area contributed by atoms with Gasteiger partial charge in [0.15, 0.2) is 5.17 Å². The molecule has 0 bridgehead atoms. The van der Waals surface area contributed by atoms with Gasteiger partial charge in [0.05, 0.1) is 17.8 Å². The third-order valence-corrected chi connectivity index (χ3v) is 7.11. The van der Waals surface area contributed by atoms with Crippen LogP contribution in [0, 0.1) is 0 Å². The van der Waals surface area contributed by atoms with E-state index >= 15 is 0 Å². The van der Waals surface area contributed by atoms with Crippen LogP contribution in [-0.2, 0) is 22.3 Å². The molecule has 1 aliphatic rings. The Balaban J connectivity index is 1.64. The van der Waals surface area contributed by atoms with Crippen molar-refractivity contribution >= 4 is 67.6 Å². The monoisotopic (exact) mass is 595 g/mol. The number of amidine groups is 1. The fraction of sp³-hybridized carbons (Fsp3) is 0.160.